The second kappa shape index (κ2) is 9.04. The van der Waals surface area contributed by atoms with Crippen molar-refractivity contribution in [2.24, 2.45) is 0 Å². The fraction of sp³-hybridized carbons (Fsp3) is 0.571. The van der Waals surface area contributed by atoms with Gasteiger partial charge >= 0.3 is 0 Å². The summed E-state index contributed by atoms with van der Waals surface area (Å²) in [5.74, 6) is 1.94. The number of hydrogen-bond donors (Lipinski definition) is 2. The fourth-order valence-electron chi connectivity index (χ4n) is 5.78. The largest absolute Gasteiger partial charge is 0.508 e. The highest BCUT2D eigenvalue weighted by Gasteiger charge is 2.26. The molecule has 2 nitrogen and oxygen atoms in total. The zero-order valence-electron chi connectivity index (χ0n) is 18.8. The molecule has 2 aliphatic carbocycles. The van der Waals surface area contributed by atoms with Gasteiger partial charge in [-0.25, -0.2) is 0 Å². The normalized spacial score (nSPS) is 19.1. The maximum atomic E-state index is 10.5. The van der Waals surface area contributed by atoms with Gasteiger partial charge in [-0.15, -0.1) is 0 Å². The van der Waals surface area contributed by atoms with E-state index in [1.54, 1.807) is 0 Å². The first-order valence-corrected chi connectivity index (χ1v) is 12.1. The number of phenolic OH excluding ortho intramolecular Hbond substituents is 2. The lowest BCUT2D eigenvalue weighted by molar-refractivity contribution is 0.411. The third-order valence-corrected chi connectivity index (χ3v) is 7.64. The molecule has 2 N–H and O–H groups in total. The molecule has 0 unspecified atom stereocenters. The Morgan fingerprint density at radius 2 is 1.20 bits per heavy atom. The topological polar surface area (TPSA) is 40.5 Å². The third kappa shape index (κ3) is 4.68. The summed E-state index contributed by atoms with van der Waals surface area (Å²) in [7, 11) is 0. The molecule has 30 heavy (non-hydrogen) atoms. The molecule has 2 saturated carbocycles. The van der Waals surface area contributed by atoms with Crippen LogP contribution < -0.4 is 0 Å². The molecule has 0 aliphatic heterocycles. The van der Waals surface area contributed by atoms with Crippen molar-refractivity contribution in [1.82, 2.24) is 0 Å². The van der Waals surface area contributed by atoms with E-state index in [0.29, 0.717) is 23.3 Å². The molecule has 2 fully saturated rings. The Bertz CT molecular complexity index is 855. The van der Waals surface area contributed by atoms with Gasteiger partial charge in [-0.1, -0.05) is 76.6 Å². The molecule has 0 amide bonds. The first kappa shape index (κ1) is 21.3. The van der Waals surface area contributed by atoms with Crippen LogP contribution in [0.5, 0.6) is 11.5 Å². The first-order chi connectivity index (χ1) is 14.4. The fourth-order valence-corrected chi connectivity index (χ4v) is 5.78. The quantitative estimate of drug-likeness (QED) is 0.534. The van der Waals surface area contributed by atoms with Crippen LogP contribution in [0.3, 0.4) is 0 Å². The minimum atomic E-state index is -0.0298. The van der Waals surface area contributed by atoms with Crippen LogP contribution in [0.1, 0.15) is 112 Å². The number of phenols is 2. The van der Waals surface area contributed by atoms with Crippen LogP contribution in [0, 0.1) is 0 Å². The Kier molecular flexibility index (Phi) is 6.41. The van der Waals surface area contributed by atoms with Crippen LogP contribution in [-0.2, 0) is 11.8 Å². The van der Waals surface area contributed by atoms with Crippen molar-refractivity contribution >= 4 is 0 Å². The summed E-state index contributed by atoms with van der Waals surface area (Å²) in [6, 6.07) is 12.5. The average Bonchev–Trinajstić information content (AvgIpc) is 2.76. The molecule has 2 heteroatoms. The monoisotopic (exact) mass is 406 g/mol. The van der Waals surface area contributed by atoms with E-state index in [1.165, 1.54) is 75.3 Å². The van der Waals surface area contributed by atoms with E-state index in [9.17, 15) is 10.2 Å². The second-order valence-electron chi connectivity index (χ2n) is 10.4. The average molecular weight is 407 g/mol. The van der Waals surface area contributed by atoms with E-state index in [4.69, 9.17) is 0 Å². The Balaban J connectivity index is 1.57. The van der Waals surface area contributed by atoms with Crippen molar-refractivity contribution in [3.8, 4) is 11.5 Å². The van der Waals surface area contributed by atoms with E-state index in [-0.39, 0.29) is 5.41 Å². The Labute approximate surface area is 182 Å². The van der Waals surface area contributed by atoms with Gasteiger partial charge in [-0.3, -0.25) is 0 Å². The Morgan fingerprint density at radius 3 is 1.77 bits per heavy atom. The predicted octanol–water partition coefficient (Wildman–Crippen LogP) is 7.71. The lowest BCUT2D eigenvalue weighted by Gasteiger charge is -2.29. The van der Waals surface area contributed by atoms with Gasteiger partial charge in [0.15, 0.2) is 0 Å². The molecule has 4 rings (SSSR count). The summed E-state index contributed by atoms with van der Waals surface area (Å²) in [6.45, 7) is 4.61. The molecule has 2 aliphatic rings. The van der Waals surface area contributed by atoms with Gasteiger partial charge in [0.1, 0.15) is 11.5 Å². The van der Waals surface area contributed by atoms with E-state index in [2.05, 4.69) is 38.1 Å². The van der Waals surface area contributed by atoms with Crippen LogP contribution in [0.15, 0.2) is 36.4 Å². The molecule has 0 radical (unpaired) electrons. The molecule has 0 bridgehead atoms. The summed E-state index contributed by atoms with van der Waals surface area (Å²) in [4.78, 5) is 0. The molecule has 0 spiro atoms. The van der Waals surface area contributed by atoms with Crippen molar-refractivity contribution < 1.29 is 10.2 Å². The molecule has 0 aromatic heterocycles. The van der Waals surface area contributed by atoms with E-state index in [1.807, 2.05) is 12.1 Å². The summed E-state index contributed by atoms with van der Waals surface area (Å²) in [6.07, 6.45) is 13.5. The van der Waals surface area contributed by atoms with Crippen molar-refractivity contribution in [3.63, 3.8) is 0 Å². The van der Waals surface area contributed by atoms with Gasteiger partial charge in [-0.2, -0.15) is 0 Å². The molecular weight excluding hydrogens is 368 g/mol. The van der Waals surface area contributed by atoms with Gasteiger partial charge in [0.25, 0.3) is 0 Å². The maximum absolute atomic E-state index is 10.5. The predicted molar refractivity (Wildman–Crippen MR) is 125 cm³/mol. The van der Waals surface area contributed by atoms with Crippen LogP contribution in [0.25, 0.3) is 0 Å². The summed E-state index contributed by atoms with van der Waals surface area (Å²) >= 11 is 0. The Morgan fingerprint density at radius 1 is 0.700 bits per heavy atom. The van der Waals surface area contributed by atoms with Crippen molar-refractivity contribution in [3.05, 3.63) is 58.7 Å². The van der Waals surface area contributed by atoms with Crippen molar-refractivity contribution in [1.29, 1.82) is 0 Å². The maximum Gasteiger partial charge on any atom is 0.119 e. The van der Waals surface area contributed by atoms with Crippen LogP contribution in [0.2, 0.25) is 0 Å². The summed E-state index contributed by atoms with van der Waals surface area (Å²) < 4.78 is 0. The molecule has 162 valence electrons. The third-order valence-electron chi connectivity index (χ3n) is 7.64. The highest BCUT2D eigenvalue weighted by atomic mass is 16.3. The van der Waals surface area contributed by atoms with E-state index >= 15 is 0 Å². The van der Waals surface area contributed by atoms with Crippen molar-refractivity contribution in [2.75, 3.05) is 0 Å². The van der Waals surface area contributed by atoms with E-state index < -0.39 is 0 Å². The lowest BCUT2D eigenvalue weighted by atomic mass is 9.75. The Hall–Kier alpha value is -1.96. The molecule has 0 heterocycles. The van der Waals surface area contributed by atoms with Gasteiger partial charge in [0.05, 0.1) is 0 Å². The van der Waals surface area contributed by atoms with Gasteiger partial charge in [-0.05, 0) is 83.7 Å². The molecule has 2 aromatic carbocycles. The zero-order valence-corrected chi connectivity index (χ0v) is 18.8. The first-order valence-electron chi connectivity index (χ1n) is 12.1. The van der Waals surface area contributed by atoms with Crippen LogP contribution >= 0.6 is 0 Å². The van der Waals surface area contributed by atoms with Crippen LogP contribution in [0.4, 0.5) is 0 Å². The number of benzene rings is 2. The second-order valence-corrected chi connectivity index (χ2v) is 10.4. The zero-order chi connectivity index (χ0) is 21.1. The minimum absolute atomic E-state index is 0.0298. The highest BCUT2D eigenvalue weighted by molar-refractivity contribution is 5.43. The number of aromatic hydroxyl groups is 2. The summed E-state index contributed by atoms with van der Waals surface area (Å²) in [5.41, 5.74) is 4.86. The van der Waals surface area contributed by atoms with Crippen molar-refractivity contribution in [2.45, 2.75) is 102 Å². The molecule has 0 atom stereocenters. The minimum Gasteiger partial charge on any atom is -0.508 e. The highest BCUT2D eigenvalue weighted by Crippen LogP contribution is 2.41. The lowest BCUT2D eigenvalue weighted by Crippen LogP contribution is -2.21. The number of rotatable bonds is 5. The summed E-state index contributed by atoms with van der Waals surface area (Å²) in [5, 5.41) is 21.0. The smallest absolute Gasteiger partial charge is 0.119 e. The standard InChI is InChI=1S/C28H38O2/c1-28(2,23-14-16-27(30)25(18-23)22-11-7-4-8-12-22)19-20-13-15-26(29)24(17-20)21-9-5-3-6-10-21/h13-18,21-22,29-30H,3-12,19H2,1-2H3. The van der Waals surface area contributed by atoms with Crippen LogP contribution in [-0.4, -0.2) is 10.2 Å². The van der Waals surface area contributed by atoms with Gasteiger partial charge in [0.2, 0.25) is 0 Å². The SMILES string of the molecule is CC(C)(Cc1ccc(O)c(C2CCCCC2)c1)c1ccc(O)c(C2CCCCC2)c1. The van der Waals surface area contributed by atoms with E-state index in [0.717, 1.165) is 17.5 Å². The van der Waals surface area contributed by atoms with Gasteiger partial charge < -0.3 is 10.2 Å². The molecule has 0 saturated heterocycles. The molecule has 2 aromatic rings. The van der Waals surface area contributed by atoms with Gasteiger partial charge in [0, 0.05) is 0 Å². The number of hydrogen-bond acceptors (Lipinski definition) is 2. The molecular formula is C28H38O2.